The maximum absolute atomic E-state index is 12.2. The van der Waals surface area contributed by atoms with Crippen molar-refractivity contribution in [3.63, 3.8) is 0 Å². The molecule has 0 saturated heterocycles. The van der Waals surface area contributed by atoms with Crippen LogP contribution in [0.3, 0.4) is 0 Å². The molecule has 0 saturated carbocycles. The van der Waals surface area contributed by atoms with Gasteiger partial charge in [0.25, 0.3) is 5.22 Å². The van der Waals surface area contributed by atoms with Crippen LogP contribution in [0.25, 0.3) is 11.5 Å². The molecule has 2 N–H and O–H groups in total. The lowest BCUT2D eigenvalue weighted by molar-refractivity contribution is 0.102. The number of nitrogens with two attached hydrogens (primary N) is 1. The Morgan fingerprint density at radius 3 is 2.37 bits per heavy atom. The van der Waals surface area contributed by atoms with Crippen molar-refractivity contribution in [1.29, 1.82) is 0 Å². The van der Waals surface area contributed by atoms with Crippen molar-refractivity contribution in [2.24, 2.45) is 5.14 Å². The Balaban J connectivity index is 1.64. The number of ether oxygens (including phenoxy) is 1. The zero-order valence-electron chi connectivity index (χ0n) is 14.2. The molecule has 8 nitrogen and oxygen atoms in total. The van der Waals surface area contributed by atoms with E-state index >= 15 is 0 Å². The van der Waals surface area contributed by atoms with E-state index in [1.807, 2.05) is 0 Å². The number of ketones is 1. The number of primary sulfonamides is 1. The van der Waals surface area contributed by atoms with E-state index in [1.165, 1.54) is 24.3 Å². The summed E-state index contributed by atoms with van der Waals surface area (Å²) in [6.45, 7) is 0. The average molecular weight is 405 g/mol. The number of thioether (sulfide) groups is 1. The fourth-order valence-electron chi connectivity index (χ4n) is 2.16. The molecule has 0 amide bonds. The van der Waals surface area contributed by atoms with Gasteiger partial charge in [-0.2, -0.15) is 0 Å². The largest absolute Gasteiger partial charge is 0.497 e. The van der Waals surface area contributed by atoms with E-state index in [4.69, 9.17) is 14.3 Å². The number of sulfonamides is 1. The number of carbonyl (C=O) groups is 1. The number of rotatable bonds is 7. The summed E-state index contributed by atoms with van der Waals surface area (Å²) in [5.41, 5.74) is 1.10. The third kappa shape index (κ3) is 4.73. The molecule has 3 rings (SSSR count). The molecule has 0 unspecified atom stereocenters. The summed E-state index contributed by atoms with van der Waals surface area (Å²) in [5.74, 6) is 0.947. The minimum absolute atomic E-state index is 0.00884. The SMILES string of the molecule is COc1ccc(C(=O)CSc2nnc(-c3ccc(S(N)(=O)=O)cc3)o2)cc1. The lowest BCUT2D eigenvalue weighted by Crippen LogP contribution is -2.11. The predicted molar refractivity (Wildman–Crippen MR) is 99.2 cm³/mol. The van der Waals surface area contributed by atoms with Gasteiger partial charge in [0.05, 0.1) is 17.8 Å². The third-order valence-electron chi connectivity index (χ3n) is 3.57. The number of hydrogen-bond donors (Lipinski definition) is 1. The summed E-state index contributed by atoms with van der Waals surface area (Å²) in [7, 11) is -2.20. The van der Waals surface area contributed by atoms with E-state index in [0.717, 1.165) is 11.8 Å². The normalized spacial score (nSPS) is 11.3. The Kier molecular flexibility index (Phi) is 5.59. The molecule has 0 aliphatic carbocycles. The molecule has 27 heavy (non-hydrogen) atoms. The number of benzene rings is 2. The minimum atomic E-state index is -3.76. The van der Waals surface area contributed by atoms with Gasteiger partial charge in [-0.15, -0.1) is 10.2 Å². The first-order chi connectivity index (χ1) is 12.9. The average Bonchev–Trinajstić information content (AvgIpc) is 3.14. The van der Waals surface area contributed by atoms with Gasteiger partial charge in [-0.05, 0) is 48.5 Å². The first-order valence-corrected chi connectivity index (χ1v) is 10.2. The number of hydrogen-bond acceptors (Lipinski definition) is 8. The van der Waals surface area contributed by atoms with Crippen LogP contribution in [0.15, 0.2) is 63.1 Å². The molecule has 0 fully saturated rings. The highest BCUT2D eigenvalue weighted by molar-refractivity contribution is 7.99. The van der Waals surface area contributed by atoms with E-state index in [2.05, 4.69) is 10.2 Å². The van der Waals surface area contributed by atoms with Gasteiger partial charge in [0.2, 0.25) is 15.9 Å². The molecule has 140 valence electrons. The highest BCUT2D eigenvalue weighted by Crippen LogP contribution is 2.25. The molecule has 1 heterocycles. The number of Topliss-reactive ketones (excluding diaryl/α,β-unsaturated/α-hetero) is 1. The van der Waals surface area contributed by atoms with Crippen LogP contribution < -0.4 is 9.88 Å². The van der Waals surface area contributed by atoms with Gasteiger partial charge in [0.15, 0.2) is 5.78 Å². The monoisotopic (exact) mass is 405 g/mol. The van der Waals surface area contributed by atoms with Crippen LogP contribution in [-0.2, 0) is 10.0 Å². The van der Waals surface area contributed by atoms with E-state index in [0.29, 0.717) is 16.9 Å². The topological polar surface area (TPSA) is 125 Å². The van der Waals surface area contributed by atoms with Crippen LogP contribution in [0, 0.1) is 0 Å². The molecular formula is C17H15N3O5S2. The van der Waals surface area contributed by atoms with Crippen molar-refractivity contribution in [3.05, 3.63) is 54.1 Å². The Morgan fingerprint density at radius 1 is 1.11 bits per heavy atom. The van der Waals surface area contributed by atoms with E-state index in [-0.39, 0.29) is 27.5 Å². The summed E-state index contributed by atoms with van der Waals surface area (Å²) in [6.07, 6.45) is 0. The maximum atomic E-state index is 12.2. The van der Waals surface area contributed by atoms with Crippen molar-refractivity contribution >= 4 is 27.6 Å². The molecule has 0 aliphatic heterocycles. The number of nitrogens with zero attached hydrogens (tertiary/aromatic N) is 2. The van der Waals surface area contributed by atoms with Crippen molar-refractivity contribution in [3.8, 4) is 17.2 Å². The smallest absolute Gasteiger partial charge is 0.277 e. The number of carbonyl (C=O) groups excluding carboxylic acids is 1. The molecule has 0 spiro atoms. The van der Waals surface area contributed by atoms with E-state index in [1.54, 1.807) is 31.4 Å². The van der Waals surface area contributed by atoms with Gasteiger partial charge in [-0.3, -0.25) is 4.79 Å². The van der Waals surface area contributed by atoms with Crippen LogP contribution >= 0.6 is 11.8 Å². The lowest BCUT2D eigenvalue weighted by Gasteiger charge is -2.01. The van der Waals surface area contributed by atoms with Gasteiger partial charge < -0.3 is 9.15 Å². The third-order valence-corrected chi connectivity index (χ3v) is 5.32. The van der Waals surface area contributed by atoms with Crippen LogP contribution in [0.5, 0.6) is 5.75 Å². The van der Waals surface area contributed by atoms with E-state index < -0.39 is 10.0 Å². The quantitative estimate of drug-likeness (QED) is 0.469. The Morgan fingerprint density at radius 2 is 1.78 bits per heavy atom. The highest BCUT2D eigenvalue weighted by Gasteiger charge is 2.14. The standard InChI is InChI=1S/C17H15N3O5S2/c1-24-13-6-2-11(3-7-13)15(21)10-26-17-20-19-16(25-17)12-4-8-14(9-5-12)27(18,22)23/h2-9H,10H2,1H3,(H2,18,22,23). The van der Waals surface area contributed by atoms with Crippen LogP contribution in [0.1, 0.15) is 10.4 Å². The molecule has 10 heteroatoms. The summed E-state index contributed by atoms with van der Waals surface area (Å²) >= 11 is 1.12. The van der Waals surface area contributed by atoms with Crippen molar-refractivity contribution in [2.75, 3.05) is 12.9 Å². The maximum Gasteiger partial charge on any atom is 0.277 e. The molecular weight excluding hydrogens is 390 g/mol. The first-order valence-electron chi connectivity index (χ1n) is 7.63. The predicted octanol–water partition coefficient (Wildman–Crippen LogP) is 2.37. The van der Waals surface area contributed by atoms with Gasteiger partial charge in [0.1, 0.15) is 5.75 Å². The fourth-order valence-corrected chi connectivity index (χ4v) is 3.33. The summed E-state index contributed by atoms with van der Waals surface area (Å²) in [4.78, 5) is 12.2. The molecule has 0 atom stereocenters. The molecule has 3 aromatic rings. The molecule has 0 aliphatic rings. The first kappa shape index (κ1) is 19.1. The second-order valence-electron chi connectivity index (χ2n) is 5.38. The molecule has 2 aromatic carbocycles. The molecule has 0 bridgehead atoms. The Hall–Kier alpha value is -2.69. The lowest BCUT2D eigenvalue weighted by atomic mass is 10.1. The van der Waals surface area contributed by atoms with Crippen molar-refractivity contribution < 1.29 is 22.4 Å². The molecule has 0 radical (unpaired) electrons. The van der Waals surface area contributed by atoms with Crippen LogP contribution in [0.4, 0.5) is 0 Å². The van der Waals surface area contributed by atoms with Crippen molar-refractivity contribution in [2.45, 2.75) is 10.1 Å². The summed E-state index contributed by atoms with van der Waals surface area (Å²) in [6, 6.07) is 12.6. The van der Waals surface area contributed by atoms with Gasteiger partial charge in [-0.1, -0.05) is 11.8 Å². The van der Waals surface area contributed by atoms with Gasteiger partial charge >= 0.3 is 0 Å². The van der Waals surface area contributed by atoms with Gasteiger partial charge in [-0.25, -0.2) is 13.6 Å². The number of aromatic nitrogens is 2. The second-order valence-corrected chi connectivity index (χ2v) is 7.87. The summed E-state index contributed by atoms with van der Waals surface area (Å²) in [5, 5.41) is 13.1. The van der Waals surface area contributed by atoms with Crippen molar-refractivity contribution in [1.82, 2.24) is 10.2 Å². The van der Waals surface area contributed by atoms with Crippen LogP contribution in [-0.4, -0.2) is 37.3 Å². The highest BCUT2D eigenvalue weighted by atomic mass is 32.2. The van der Waals surface area contributed by atoms with E-state index in [9.17, 15) is 13.2 Å². The fraction of sp³-hybridized carbons (Fsp3) is 0.118. The summed E-state index contributed by atoms with van der Waals surface area (Å²) < 4.78 is 33.1. The zero-order valence-corrected chi connectivity index (χ0v) is 15.8. The number of methoxy groups -OCH3 is 1. The molecule has 1 aromatic heterocycles. The Bertz CT molecular complexity index is 1040. The minimum Gasteiger partial charge on any atom is -0.497 e. The zero-order chi connectivity index (χ0) is 19.4. The van der Waals surface area contributed by atoms with Gasteiger partial charge in [0, 0.05) is 11.1 Å². The second kappa shape index (κ2) is 7.91. The van der Waals surface area contributed by atoms with Crippen LogP contribution in [0.2, 0.25) is 0 Å². The Labute approximate surface area is 159 Å².